The summed E-state index contributed by atoms with van der Waals surface area (Å²) < 4.78 is 30.5. The maximum Gasteiger partial charge on any atom is 0.387 e. The number of carboxylic acid groups (broad SMARTS) is 1. The lowest BCUT2D eigenvalue weighted by molar-refractivity contribution is -0.138. The lowest BCUT2D eigenvalue weighted by atomic mass is 9.45. The van der Waals surface area contributed by atoms with Gasteiger partial charge in [-0.3, -0.25) is 9.59 Å². The van der Waals surface area contributed by atoms with Crippen molar-refractivity contribution < 1.29 is 23.4 Å². The summed E-state index contributed by atoms with van der Waals surface area (Å²) in [4.78, 5) is 23.1. The van der Waals surface area contributed by atoms with E-state index in [0.29, 0.717) is 22.4 Å². The minimum atomic E-state index is -3.19. The molecule has 9 heteroatoms. The van der Waals surface area contributed by atoms with Crippen molar-refractivity contribution in [2.75, 3.05) is 5.32 Å². The highest BCUT2D eigenvalue weighted by Gasteiger charge is 2.56. The predicted octanol–water partition coefficient (Wildman–Crippen LogP) is 2.41. The number of rotatable bonds is 6. The largest absolute Gasteiger partial charge is 0.480 e. The maximum atomic E-state index is 12.8. The topological polar surface area (TPSA) is 93.5 Å². The van der Waals surface area contributed by atoms with Gasteiger partial charge in [0.1, 0.15) is 12.2 Å². The van der Waals surface area contributed by atoms with Crippen LogP contribution in [0.15, 0.2) is 11.0 Å². The molecule has 1 aromatic heterocycles. The van der Waals surface area contributed by atoms with E-state index < -0.39 is 30.4 Å². The molecule has 1 aromatic rings. The van der Waals surface area contributed by atoms with Crippen LogP contribution < -0.4 is 15.6 Å². The second kappa shape index (κ2) is 6.51. The van der Waals surface area contributed by atoms with E-state index in [9.17, 15) is 18.4 Å². The van der Waals surface area contributed by atoms with Gasteiger partial charge in [-0.1, -0.05) is 20.8 Å². The Morgan fingerprint density at radius 1 is 1.50 bits per heavy atom. The molecule has 0 amide bonds. The number of carbonyl (C=O) groups is 1. The number of alkyl halides is 2. The van der Waals surface area contributed by atoms with Crippen molar-refractivity contribution in [2.24, 2.45) is 23.2 Å². The van der Waals surface area contributed by atoms with Crippen LogP contribution in [0.4, 0.5) is 14.5 Å². The van der Waals surface area contributed by atoms with E-state index in [4.69, 9.17) is 5.11 Å². The number of ether oxygens (including phenoxy) is 1. The van der Waals surface area contributed by atoms with Gasteiger partial charge in [-0.05, 0) is 36.0 Å². The molecule has 26 heavy (non-hydrogen) atoms. The summed E-state index contributed by atoms with van der Waals surface area (Å²) in [6.45, 7) is 2.69. The molecule has 3 aliphatic rings. The van der Waals surface area contributed by atoms with Gasteiger partial charge < -0.3 is 15.2 Å². The first-order valence-electron chi connectivity index (χ1n) is 8.64. The van der Waals surface area contributed by atoms with Gasteiger partial charge in [-0.2, -0.15) is 13.9 Å². The average Bonchev–Trinajstić information content (AvgIpc) is 2.53. The molecule has 2 N–H and O–H groups in total. The highest BCUT2D eigenvalue weighted by atomic mass is 19.3. The Morgan fingerprint density at radius 2 is 2.19 bits per heavy atom. The minimum Gasteiger partial charge on any atom is -0.480 e. The molecule has 0 radical (unpaired) electrons. The first-order valence-corrected chi connectivity index (χ1v) is 8.64. The number of carboxylic acids is 1. The average molecular weight is 371 g/mol. The van der Waals surface area contributed by atoms with Crippen LogP contribution in [-0.4, -0.2) is 33.5 Å². The van der Waals surface area contributed by atoms with Crippen LogP contribution in [0.2, 0.25) is 0 Å². The number of nitrogens with one attached hydrogen (secondary N) is 1. The van der Waals surface area contributed by atoms with Gasteiger partial charge in [0.05, 0.1) is 6.20 Å². The maximum absolute atomic E-state index is 12.8. The first kappa shape index (κ1) is 18.6. The molecule has 0 aromatic carbocycles. The molecule has 3 unspecified atom stereocenters. The highest BCUT2D eigenvalue weighted by Crippen LogP contribution is 2.61. The summed E-state index contributed by atoms with van der Waals surface area (Å²) in [5.74, 6) is -0.524. The lowest BCUT2D eigenvalue weighted by Gasteiger charge is -2.62. The highest BCUT2D eigenvalue weighted by molar-refractivity contribution is 5.66. The van der Waals surface area contributed by atoms with Crippen molar-refractivity contribution in [1.29, 1.82) is 0 Å². The van der Waals surface area contributed by atoms with E-state index in [1.54, 1.807) is 0 Å². The van der Waals surface area contributed by atoms with E-state index in [1.165, 1.54) is 6.20 Å². The van der Waals surface area contributed by atoms with Gasteiger partial charge in [0.25, 0.3) is 0 Å². The second-order valence-corrected chi connectivity index (χ2v) is 7.83. The third kappa shape index (κ3) is 3.14. The SMILES string of the molecule is C[C@H]1C(Nc2cnn(CC(=O)O)c(=O)c2OC(F)F)CC2CC1C2(C)C. The molecule has 0 spiro atoms. The molecule has 3 aliphatic carbocycles. The van der Waals surface area contributed by atoms with Gasteiger partial charge in [-0.25, -0.2) is 4.68 Å². The smallest absolute Gasteiger partial charge is 0.387 e. The van der Waals surface area contributed by atoms with Gasteiger partial charge in [-0.15, -0.1) is 0 Å². The Bertz CT molecular complexity index is 765. The summed E-state index contributed by atoms with van der Waals surface area (Å²) >= 11 is 0. The number of hydrogen-bond acceptors (Lipinski definition) is 5. The van der Waals surface area contributed by atoms with Crippen LogP contribution in [0, 0.1) is 23.2 Å². The molecule has 4 rings (SSSR count). The van der Waals surface area contributed by atoms with E-state index >= 15 is 0 Å². The molecule has 3 saturated carbocycles. The number of aromatic nitrogens is 2. The van der Waals surface area contributed by atoms with E-state index in [-0.39, 0.29) is 17.1 Å². The summed E-state index contributed by atoms with van der Waals surface area (Å²) in [6.07, 6.45) is 3.21. The summed E-state index contributed by atoms with van der Waals surface area (Å²) in [5.41, 5.74) is -0.650. The van der Waals surface area contributed by atoms with Crippen molar-refractivity contribution in [3.05, 3.63) is 16.6 Å². The molecular formula is C17H23F2N3O4. The normalized spacial score (nSPS) is 29.2. The molecule has 7 nitrogen and oxygen atoms in total. The van der Waals surface area contributed by atoms with Gasteiger partial charge in [0.15, 0.2) is 0 Å². The lowest BCUT2D eigenvalue weighted by Crippen LogP contribution is -2.58. The number of hydrogen-bond donors (Lipinski definition) is 2. The number of nitrogens with zero attached hydrogens (tertiary/aromatic N) is 2. The molecule has 144 valence electrons. The summed E-state index contributed by atoms with van der Waals surface area (Å²) in [5, 5.41) is 15.7. The van der Waals surface area contributed by atoms with Crippen molar-refractivity contribution in [2.45, 2.75) is 52.8 Å². The molecule has 0 saturated heterocycles. The standard InChI is InChI=1S/C17H23F2N3O4/c1-8-10-4-9(17(10,2)3)5-11(8)21-12-6-20-22(7-13(23)24)15(25)14(12)26-16(18)19/h6,8-11,16,21H,4-5,7H2,1-3H3,(H,23,24)/t8-,9?,10?,11?/m1/s1. The summed E-state index contributed by atoms with van der Waals surface area (Å²) in [7, 11) is 0. The monoisotopic (exact) mass is 371 g/mol. The fraction of sp³-hybridized carbons (Fsp3) is 0.706. The Kier molecular flexibility index (Phi) is 4.66. The number of halogens is 2. The number of aliphatic carboxylic acids is 1. The molecule has 4 atom stereocenters. The number of fused-ring (bicyclic) bond motifs is 2. The molecule has 1 heterocycles. The van der Waals surface area contributed by atoms with Crippen LogP contribution in [0.25, 0.3) is 0 Å². The Labute approximate surface area is 149 Å². The molecule has 3 fully saturated rings. The first-order chi connectivity index (χ1) is 12.1. The third-order valence-electron chi connectivity index (χ3n) is 6.19. The Balaban J connectivity index is 1.86. The van der Waals surface area contributed by atoms with Crippen LogP contribution in [0.5, 0.6) is 5.75 Å². The van der Waals surface area contributed by atoms with E-state index in [2.05, 4.69) is 35.9 Å². The van der Waals surface area contributed by atoms with Crippen molar-refractivity contribution in [1.82, 2.24) is 9.78 Å². The Hall–Kier alpha value is -2.19. The van der Waals surface area contributed by atoms with E-state index in [1.807, 2.05) is 0 Å². The third-order valence-corrected chi connectivity index (χ3v) is 6.19. The zero-order valence-electron chi connectivity index (χ0n) is 14.9. The van der Waals surface area contributed by atoms with E-state index in [0.717, 1.165) is 12.8 Å². The summed E-state index contributed by atoms with van der Waals surface area (Å²) in [6, 6.07) is 0.0170. The van der Waals surface area contributed by atoms with Crippen molar-refractivity contribution in [3.63, 3.8) is 0 Å². The molecular weight excluding hydrogens is 348 g/mol. The molecule has 2 bridgehead atoms. The predicted molar refractivity (Wildman–Crippen MR) is 89.3 cm³/mol. The minimum absolute atomic E-state index is 0.0170. The zero-order chi connectivity index (χ0) is 19.2. The fourth-order valence-corrected chi connectivity index (χ4v) is 4.56. The Morgan fingerprint density at radius 3 is 2.73 bits per heavy atom. The van der Waals surface area contributed by atoms with Crippen LogP contribution in [0.3, 0.4) is 0 Å². The fourth-order valence-electron chi connectivity index (χ4n) is 4.56. The van der Waals surface area contributed by atoms with Crippen molar-refractivity contribution in [3.8, 4) is 5.75 Å². The van der Waals surface area contributed by atoms with Crippen molar-refractivity contribution >= 4 is 11.7 Å². The van der Waals surface area contributed by atoms with Gasteiger partial charge >= 0.3 is 18.1 Å². The van der Waals surface area contributed by atoms with Crippen LogP contribution in [-0.2, 0) is 11.3 Å². The quantitative estimate of drug-likeness (QED) is 0.798. The van der Waals surface area contributed by atoms with Crippen LogP contribution >= 0.6 is 0 Å². The second-order valence-electron chi connectivity index (χ2n) is 7.83. The van der Waals surface area contributed by atoms with Gasteiger partial charge in [0.2, 0.25) is 5.75 Å². The van der Waals surface area contributed by atoms with Gasteiger partial charge in [0, 0.05) is 6.04 Å². The number of anilines is 1. The molecule has 0 aliphatic heterocycles. The van der Waals surface area contributed by atoms with Crippen LogP contribution in [0.1, 0.15) is 33.6 Å². The zero-order valence-corrected chi connectivity index (χ0v) is 14.9.